The third kappa shape index (κ3) is 52.1. The smallest absolute Gasteiger partial charge is 0 e. The molecular formula is C5H51P27S24. The van der Waals surface area contributed by atoms with E-state index in [4.69, 9.17) is 0 Å². The van der Waals surface area contributed by atoms with Gasteiger partial charge >= 0.3 is 0 Å². The molecule has 0 nitrogen and oxygen atoms in total. The van der Waals surface area contributed by atoms with Gasteiger partial charge in [-0.05, 0) is 241 Å². The van der Waals surface area contributed by atoms with Crippen LogP contribution in [0, 0.1) is 0 Å². The van der Waals surface area contributed by atoms with Crippen LogP contribution in [0.5, 0.6) is 0 Å². The van der Waals surface area contributed by atoms with Crippen molar-refractivity contribution in [3.8, 4) is 0 Å². The predicted octanol–water partition coefficient (Wildman–Crippen LogP) is 33.7. The number of thiol groups is 2. The van der Waals surface area contributed by atoms with Gasteiger partial charge in [0.15, 0.2) is 0 Å². The second kappa shape index (κ2) is 65.8. The number of rotatable bonds is 33. The van der Waals surface area contributed by atoms with E-state index in [0.29, 0.717) is 0 Å². The third-order valence-corrected chi connectivity index (χ3v) is 226. The molecule has 0 N–H and O–H groups in total. The van der Waals surface area contributed by atoms with Crippen molar-refractivity contribution in [2.75, 3.05) is 0 Å². The van der Waals surface area contributed by atoms with E-state index in [0.717, 1.165) is 7.96 Å². The molecule has 0 amide bonds. The van der Waals surface area contributed by atoms with E-state index >= 15 is 0 Å². The van der Waals surface area contributed by atoms with Crippen molar-refractivity contribution in [3.63, 3.8) is 0 Å². The van der Waals surface area contributed by atoms with Crippen molar-refractivity contribution in [1.29, 1.82) is 0 Å². The number of hydrogen-bond donors (Lipinski definition) is 2. The van der Waals surface area contributed by atoms with Gasteiger partial charge in [0, 0.05) is 59.0 Å². The maximum Gasteiger partial charge on any atom is 0 e. The Morgan fingerprint density at radius 2 is 0.429 bits per heavy atom. The van der Waals surface area contributed by atoms with Gasteiger partial charge in [-0.25, -0.2) is 0 Å². The first-order valence-electron chi connectivity index (χ1n) is 9.93. The molecule has 0 aromatic carbocycles. The zero-order valence-electron chi connectivity index (χ0n) is 23.8. The molecule has 0 aliphatic rings. The molecule has 0 bridgehead atoms. The first-order valence-corrected chi connectivity index (χ1v) is 89.4. The molecule has 0 aliphatic carbocycles. The largest absolute Gasteiger partial charge is 0.109 e. The van der Waals surface area contributed by atoms with E-state index in [2.05, 4.69) is 148 Å². The van der Waals surface area contributed by atoms with E-state index in [1.54, 1.807) is 118 Å². The molecule has 17 atom stereocenters. The van der Waals surface area contributed by atoms with Gasteiger partial charge in [0.1, 0.15) is 0 Å². The average molecular weight is 1720 g/mol. The van der Waals surface area contributed by atoms with Crippen molar-refractivity contribution in [1.82, 2.24) is 0 Å². The Bertz CT molecular complexity index is 691. The highest BCUT2D eigenvalue weighted by molar-refractivity contribution is 9.60. The molecule has 0 rings (SSSR count). The zero-order chi connectivity index (χ0) is 39.2. The molecule has 0 aromatic rings. The van der Waals surface area contributed by atoms with Gasteiger partial charge in [0.2, 0.25) is 0 Å². The van der Waals surface area contributed by atoms with Crippen molar-refractivity contribution in [2.45, 2.75) is 37.1 Å². The summed E-state index contributed by atoms with van der Waals surface area (Å²) in [6, 6.07) is 0. The Kier molecular flexibility index (Phi) is 106. The summed E-state index contributed by atoms with van der Waals surface area (Å²) in [4.78, 5) is 0. The fourth-order valence-corrected chi connectivity index (χ4v) is 401. The maximum absolute atomic E-state index is 4.06. The fourth-order valence-electron chi connectivity index (χ4n) is 1.65. The summed E-state index contributed by atoms with van der Waals surface area (Å²) in [6.45, 7) is 0.359. The van der Waals surface area contributed by atoms with E-state index in [1.165, 1.54) is 19.7 Å². The van der Waals surface area contributed by atoms with Crippen molar-refractivity contribution >= 4 is 456 Å². The minimum Gasteiger partial charge on any atom is -0.109 e. The summed E-state index contributed by atoms with van der Waals surface area (Å²) in [7, 11) is 85.2. The van der Waals surface area contributed by atoms with Crippen LogP contribution in [-0.2, 0) is 0 Å². The van der Waals surface area contributed by atoms with Gasteiger partial charge in [-0.1, -0.05) is 68.4 Å². The SMILES string of the molecule is C.C.C.C.C.PPP(P)P(P(P(P)P)P(P)P)P(P(P(P)P)P(P)P)P(P(P)P)P(P)P.SSSSSSSSSSSSSSSSSSSSSSSS. The molecule has 0 aliphatic heterocycles. The van der Waals surface area contributed by atoms with Crippen LogP contribution in [0.2, 0.25) is 0 Å². The monoisotopic (exact) mass is 1720 g/mol. The Morgan fingerprint density at radius 3 is 0.571 bits per heavy atom. The Hall–Kier alpha value is 20.0. The molecule has 17 unspecified atom stereocenters. The first-order chi connectivity index (χ1) is 24.2. The minimum absolute atomic E-state index is 0. The van der Waals surface area contributed by atoms with E-state index in [9.17, 15) is 0 Å². The summed E-state index contributed by atoms with van der Waals surface area (Å²) in [6.07, 6.45) is 0. The highest BCUT2D eigenvalue weighted by Gasteiger charge is 2.48. The van der Waals surface area contributed by atoms with Crippen LogP contribution in [-0.4, -0.2) is 0 Å². The highest BCUT2D eigenvalue weighted by atomic mass is 34.1. The van der Waals surface area contributed by atoms with Crippen LogP contribution in [0.15, 0.2) is 0 Å². The standard InChI is InChI=1S/5CH4.H29P27.H2S24/c;;;;;1-15-22(14)26(23(16(2)3)17(4)5)27(24(18(6)7)19(8)9)25(20(10)11)21(12)13;1-3-5-7-9-11-13-15-17-19-21-23-24-22-20-18-16-14-12-10-8-6-4-2/h5*1H4;15H,1-14H2;1-2H. The molecule has 0 spiro atoms. The van der Waals surface area contributed by atoms with Gasteiger partial charge in [-0.3, -0.25) is 0 Å². The second-order valence-corrected chi connectivity index (χ2v) is 151. The highest BCUT2D eigenvalue weighted by Crippen LogP contribution is 3.36. The maximum atomic E-state index is 4.06. The predicted molar refractivity (Wildman–Crippen MR) is 446 cm³/mol. The lowest BCUT2D eigenvalue weighted by Gasteiger charge is -2.50. The van der Waals surface area contributed by atoms with Crippen LogP contribution in [0.4, 0.5) is 0 Å². The van der Waals surface area contributed by atoms with Crippen molar-refractivity contribution in [3.05, 3.63) is 0 Å². The lowest BCUT2D eigenvalue weighted by Crippen LogP contribution is -1.62. The first kappa shape index (κ1) is 89.8. The molecule has 56 heavy (non-hydrogen) atoms. The normalized spacial score (nSPS) is 12.8. The molecule has 0 fully saturated rings. The number of hydrogen-bond acceptors (Lipinski definition) is 24. The molecule has 0 saturated carbocycles. The quantitative estimate of drug-likeness (QED) is 0.0277. The summed E-state index contributed by atoms with van der Waals surface area (Å²) in [5.41, 5.74) is 0. The summed E-state index contributed by atoms with van der Waals surface area (Å²) in [5, 5.41) is 0. The Morgan fingerprint density at radius 1 is 0.268 bits per heavy atom. The Balaban J connectivity index is -0.000000158. The van der Waals surface area contributed by atoms with Crippen molar-refractivity contribution in [2.24, 2.45) is 0 Å². The Labute approximate surface area is 483 Å². The lowest BCUT2D eigenvalue weighted by molar-refractivity contribution is 2.50. The molecule has 51 heteroatoms. The summed E-state index contributed by atoms with van der Waals surface area (Å²) < 4.78 is 0. The van der Waals surface area contributed by atoms with E-state index < -0.39 is 0 Å². The fraction of sp³-hybridized carbons (Fsp3) is 1.00. The van der Waals surface area contributed by atoms with Crippen LogP contribution in [0.1, 0.15) is 37.1 Å². The zero-order valence-corrected chi connectivity index (χ0v) is 71.5. The molecule has 0 radical (unpaired) electrons. The van der Waals surface area contributed by atoms with Gasteiger partial charge in [-0.15, -0.1) is 125 Å². The summed E-state index contributed by atoms with van der Waals surface area (Å²) in [5.74, 6) is 0. The lowest BCUT2D eigenvalue weighted by atomic mass is 12.0. The van der Waals surface area contributed by atoms with Gasteiger partial charge in [0.05, 0.1) is 0 Å². The van der Waals surface area contributed by atoms with E-state index in [-0.39, 0.29) is 121 Å². The molecule has 0 saturated heterocycles. The second-order valence-electron chi connectivity index (χ2n) is 5.61. The third-order valence-electron chi connectivity index (χ3n) is 2.79. The average Bonchev–Trinajstić information content (AvgIpc) is 3.04. The van der Waals surface area contributed by atoms with Crippen LogP contribution >= 0.6 is 456 Å². The summed E-state index contributed by atoms with van der Waals surface area (Å²) >= 11 is 8.12. The molecule has 350 valence electrons. The minimum atomic E-state index is -0.0251. The molecule has 0 aromatic heterocycles. The topological polar surface area (TPSA) is 0 Å². The molecular weight excluding hydrogens is 1670 g/mol. The van der Waals surface area contributed by atoms with E-state index in [1.807, 2.05) is 78.6 Å². The van der Waals surface area contributed by atoms with Gasteiger partial charge < -0.3 is 0 Å². The van der Waals surface area contributed by atoms with Gasteiger partial charge in [-0.2, -0.15) is 0 Å². The van der Waals surface area contributed by atoms with Crippen LogP contribution in [0.25, 0.3) is 0 Å². The molecule has 0 heterocycles. The van der Waals surface area contributed by atoms with Crippen LogP contribution < -0.4 is 0 Å². The van der Waals surface area contributed by atoms with Crippen molar-refractivity contribution < 1.29 is 0 Å². The van der Waals surface area contributed by atoms with Gasteiger partial charge in [0.25, 0.3) is 0 Å². The van der Waals surface area contributed by atoms with Crippen LogP contribution in [0.3, 0.4) is 0 Å².